The highest BCUT2D eigenvalue weighted by Crippen LogP contribution is 2.16. The van der Waals surface area contributed by atoms with Crippen LogP contribution in [0, 0.1) is 6.92 Å². The lowest BCUT2D eigenvalue weighted by Crippen LogP contribution is -2.17. The second-order valence-corrected chi connectivity index (χ2v) is 4.22. The monoisotopic (exact) mass is 272 g/mol. The highest BCUT2D eigenvalue weighted by atomic mass is 16.1. The molecule has 0 atom stereocenters. The van der Waals surface area contributed by atoms with Crippen molar-refractivity contribution in [1.82, 2.24) is 20.2 Å². The molecule has 0 spiro atoms. The van der Waals surface area contributed by atoms with Crippen molar-refractivity contribution in [2.24, 2.45) is 0 Å². The van der Waals surface area contributed by atoms with Crippen molar-refractivity contribution in [2.75, 3.05) is 17.2 Å². The highest BCUT2D eigenvalue weighted by molar-refractivity contribution is 6.07. The first-order valence-corrected chi connectivity index (χ1v) is 6.36. The van der Waals surface area contributed by atoms with Gasteiger partial charge in [-0.15, -0.1) is 5.10 Å². The first-order chi connectivity index (χ1) is 9.70. The van der Waals surface area contributed by atoms with Gasteiger partial charge in [-0.05, 0) is 19.4 Å². The van der Waals surface area contributed by atoms with E-state index in [2.05, 4.69) is 37.7 Å². The number of carbonyl (C=O) groups is 1. The van der Waals surface area contributed by atoms with Gasteiger partial charge in [-0.1, -0.05) is 6.92 Å². The van der Waals surface area contributed by atoms with E-state index in [0.29, 0.717) is 5.56 Å². The molecule has 2 aromatic rings. The smallest absolute Gasteiger partial charge is 0.261 e. The van der Waals surface area contributed by atoms with E-state index < -0.39 is 0 Å². The van der Waals surface area contributed by atoms with Gasteiger partial charge < -0.3 is 5.32 Å². The van der Waals surface area contributed by atoms with E-state index in [-0.39, 0.29) is 11.9 Å². The Balaban J connectivity index is 2.20. The van der Waals surface area contributed by atoms with E-state index in [0.717, 1.165) is 24.3 Å². The summed E-state index contributed by atoms with van der Waals surface area (Å²) < 4.78 is 0. The van der Waals surface area contributed by atoms with Gasteiger partial charge in [0.2, 0.25) is 5.95 Å². The molecule has 2 heterocycles. The van der Waals surface area contributed by atoms with Crippen LogP contribution in [0.25, 0.3) is 0 Å². The van der Waals surface area contributed by atoms with Gasteiger partial charge in [0.25, 0.3) is 5.91 Å². The number of pyridine rings is 1. The van der Waals surface area contributed by atoms with Gasteiger partial charge in [0.1, 0.15) is 0 Å². The standard InChI is InChI=1S/C13H16N6O/c1-3-4-14-11-7-9(2)16-8-10(11)12(20)18-13-15-5-6-17-19-13/h5-8H,3-4H2,1-2H3,(H,14,16)(H,15,18,19,20). The Hall–Kier alpha value is -2.57. The van der Waals surface area contributed by atoms with Crippen LogP contribution < -0.4 is 10.6 Å². The maximum atomic E-state index is 12.2. The fraction of sp³-hybridized carbons (Fsp3) is 0.308. The Morgan fingerprint density at radius 2 is 2.15 bits per heavy atom. The number of nitrogens with one attached hydrogen (secondary N) is 2. The van der Waals surface area contributed by atoms with Crippen LogP contribution in [0.15, 0.2) is 24.7 Å². The molecule has 2 aromatic heterocycles. The summed E-state index contributed by atoms with van der Waals surface area (Å²) in [7, 11) is 0. The van der Waals surface area contributed by atoms with Crippen molar-refractivity contribution in [1.29, 1.82) is 0 Å². The van der Waals surface area contributed by atoms with E-state index in [1.54, 1.807) is 6.20 Å². The van der Waals surface area contributed by atoms with E-state index >= 15 is 0 Å². The van der Waals surface area contributed by atoms with Crippen LogP contribution in [-0.4, -0.2) is 32.6 Å². The van der Waals surface area contributed by atoms with Gasteiger partial charge in [-0.3, -0.25) is 15.1 Å². The third-order valence-electron chi connectivity index (χ3n) is 2.56. The molecular weight excluding hydrogens is 256 g/mol. The molecule has 20 heavy (non-hydrogen) atoms. The van der Waals surface area contributed by atoms with Crippen molar-refractivity contribution in [3.8, 4) is 0 Å². The summed E-state index contributed by atoms with van der Waals surface area (Å²) in [6, 6.07) is 1.84. The molecule has 0 aromatic carbocycles. The topological polar surface area (TPSA) is 92.7 Å². The number of nitrogens with zero attached hydrogens (tertiary/aromatic N) is 4. The lowest BCUT2D eigenvalue weighted by atomic mass is 10.2. The van der Waals surface area contributed by atoms with Gasteiger partial charge in [-0.2, -0.15) is 5.10 Å². The molecule has 0 radical (unpaired) electrons. The SMILES string of the molecule is CCCNc1cc(C)ncc1C(=O)Nc1nccnn1. The second-order valence-electron chi connectivity index (χ2n) is 4.22. The average Bonchev–Trinajstić information content (AvgIpc) is 2.46. The van der Waals surface area contributed by atoms with Crippen molar-refractivity contribution >= 4 is 17.5 Å². The van der Waals surface area contributed by atoms with Gasteiger partial charge in [0.05, 0.1) is 23.6 Å². The molecule has 0 fully saturated rings. The van der Waals surface area contributed by atoms with Crippen LogP contribution >= 0.6 is 0 Å². The van der Waals surface area contributed by atoms with Crippen LogP contribution in [0.2, 0.25) is 0 Å². The fourth-order valence-corrected chi connectivity index (χ4v) is 1.62. The molecule has 0 unspecified atom stereocenters. The van der Waals surface area contributed by atoms with E-state index in [9.17, 15) is 4.79 Å². The first-order valence-electron chi connectivity index (χ1n) is 6.36. The third-order valence-corrected chi connectivity index (χ3v) is 2.56. The maximum absolute atomic E-state index is 12.2. The van der Waals surface area contributed by atoms with Crippen molar-refractivity contribution in [2.45, 2.75) is 20.3 Å². The van der Waals surface area contributed by atoms with Crippen LogP contribution in [0.3, 0.4) is 0 Å². The van der Waals surface area contributed by atoms with E-state index in [1.165, 1.54) is 12.4 Å². The summed E-state index contributed by atoms with van der Waals surface area (Å²) in [4.78, 5) is 20.3. The van der Waals surface area contributed by atoms with Crippen LogP contribution in [0.1, 0.15) is 29.4 Å². The molecule has 7 heteroatoms. The Bertz CT molecular complexity index is 587. The zero-order valence-electron chi connectivity index (χ0n) is 11.4. The Labute approximate surface area is 116 Å². The molecule has 0 bridgehead atoms. The molecule has 104 valence electrons. The normalized spacial score (nSPS) is 10.1. The number of amides is 1. The average molecular weight is 272 g/mol. The number of rotatable bonds is 5. The molecular formula is C13H16N6O. The molecule has 0 saturated heterocycles. The third kappa shape index (κ3) is 3.47. The molecule has 2 N–H and O–H groups in total. The van der Waals surface area contributed by atoms with E-state index in [1.807, 2.05) is 13.0 Å². The van der Waals surface area contributed by atoms with Crippen molar-refractivity contribution in [3.63, 3.8) is 0 Å². The number of aromatic nitrogens is 4. The van der Waals surface area contributed by atoms with Crippen LogP contribution in [-0.2, 0) is 0 Å². The zero-order valence-corrected chi connectivity index (χ0v) is 11.4. The van der Waals surface area contributed by atoms with Crippen molar-refractivity contribution < 1.29 is 4.79 Å². The van der Waals surface area contributed by atoms with E-state index in [4.69, 9.17) is 0 Å². The Kier molecular flexibility index (Phi) is 4.54. The van der Waals surface area contributed by atoms with Gasteiger partial charge in [0, 0.05) is 18.4 Å². The highest BCUT2D eigenvalue weighted by Gasteiger charge is 2.13. The lowest BCUT2D eigenvalue weighted by molar-refractivity contribution is 0.102. The van der Waals surface area contributed by atoms with Gasteiger partial charge in [-0.25, -0.2) is 4.98 Å². The van der Waals surface area contributed by atoms with Crippen molar-refractivity contribution in [3.05, 3.63) is 35.9 Å². The Morgan fingerprint density at radius 1 is 1.30 bits per heavy atom. The molecule has 7 nitrogen and oxygen atoms in total. The minimum absolute atomic E-state index is 0.166. The molecule has 2 rings (SSSR count). The molecule has 0 aliphatic heterocycles. The predicted molar refractivity (Wildman–Crippen MR) is 75.5 cm³/mol. The quantitative estimate of drug-likeness (QED) is 0.859. The molecule has 1 amide bonds. The largest absolute Gasteiger partial charge is 0.384 e. The minimum atomic E-state index is -0.316. The number of hydrogen-bond donors (Lipinski definition) is 2. The first kappa shape index (κ1) is 13.9. The minimum Gasteiger partial charge on any atom is -0.384 e. The van der Waals surface area contributed by atoms with Crippen LogP contribution in [0.5, 0.6) is 0 Å². The lowest BCUT2D eigenvalue weighted by Gasteiger charge is -2.11. The fourth-order valence-electron chi connectivity index (χ4n) is 1.62. The number of carbonyl (C=O) groups excluding carboxylic acids is 1. The van der Waals surface area contributed by atoms with Gasteiger partial charge >= 0.3 is 0 Å². The van der Waals surface area contributed by atoms with Crippen LogP contribution in [0.4, 0.5) is 11.6 Å². The van der Waals surface area contributed by atoms with Gasteiger partial charge in [0.15, 0.2) is 0 Å². The molecule has 0 aliphatic carbocycles. The number of aryl methyl sites for hydroxylation is 1. The summed E-state index contributed by atoms with van der Waals surface area (Å²) in [5.74, 6) is -0.149. The molecule has 0 saturated carbocycles. The Morgan fingerprint density at radius 3 is 2.85 bits per heavy atom. The summed E-state index contributed by atoms with van der Waals surface area (Å²) in [6.07, 6.45) is 5.41. The summed E-state index contributed by atoms with van der Waals surface area (Å²) >= 11 is 0. The maximum Gasteiger partial charge on any atom is 0.261 e. The molecule has 0 aliphatic rings. The zero-order chi connectivity index (χ0) is 14.4. The number of anilines is 2. The number of hydrogen-bond acceptors (Lipinski definition) is 6. The summed E-state index contributed by atoms with van der Waals surface area (Å²) in [6.45, 7) is 4.72. The predicted octanol–water partition coefficient (Wildman–Crippen LogP) is 1.65. The summed E-state index contributed by atoms with van der Waals surface area (Å²) in [5.41, 5.74) is 2.05. The summed E-state index contributed by atoms with van der Waals surface area (Å²) in [5, 5.41) is 13.2. The second kappa shape index (κ2) is 6.55.